The Bertz CT molecular complexity index is 971. The van der Waals surface area contributed by atoms with E-state index in [2.05, 4.69) is 9.44 Å². The van der Waals surface area contributed by atoms with Crippen molar-refractivity contribution in [2.75, 3.05) is 24.6 Å². The number of nitrogen functional groups attached to an aromatic ring is 2. The summed E-state index contributed by atoms with van der Waals surface area (Å²) < 4.78 is 53.6. The lowest BCUT2D eigenvalue weighted by Gasteiger charge is -2.11. The van der Waals surface area contributed by atoms with Crippen LogP contribution in [0.4, 0.5) is 11.4 Å². The van der Waals surface area contributed by atoms with Crippen LogP contribution in [0.2, 0.25) is 0 Å². The fourth-order valence-electron chi connectivity index (χ4n) is 2.14. The molecule has 0 aliphatic heterocycles. The van der Waals surface area contributed by atoms with Crippen molar-refractivity contribution in [3.63, 3.8) is 0 Å². The number of sulfonamides is 2. The van der Waals surface area contributed by atoms with Crippen LogP contribution in [0.15, 0.2) is 56.0 Å². The predicted molar refractivity (Wildman–Crippen MR) is 115 cm³/mol. The van der Waals surface area contributed by atoms with Gasteiger partial charge in [-0.05, 0) is 36.4 Å². The maximum absolute atomic E-state index is 12.2. The third-order valence-corrected chi connectivity index (χ3v) is 9.04. The molecule has 2 rings (SSSR count). The van der Waals surface area contributed by atoms with Crippen LogP contribution in [-0.4, -0.2) is 29.9 Å². The van der Waals surface area contributed by atoms with E-state index in [1.54, 1.807) is 13.8 Å². The molecule has 0 bridgehead atoms. The molecule has 28 heavy (non-hydrogen) atoms. The average Bonchev–Trinajstić information content (AvgIpc) is 2.61. The quantitative estimate of drug-likeness (QED) is 0.328. The second-order valence-corrected chi connectivity index (χ2v) is 11.3. The van der Waals surface area contributed by atoms with E-state index in [1.165, 1.54) is 58.0 Å². The summed E-state index contributed by atoms with van der Waals surface area (Å²) >= 11 is 0. The summed E-state index contributed by atoms with van der Waals surface area (Å²) in [6, 6.07) is 8.84. The van der Waals surface area contributed by atoms with Gasteiger partial charge in [0, 0.05) is 34.3 Å². The van der Waals surface area contributed by atoms with Crippen molar-refractivity contribution in [1.82, 2.24) is 9.44 Å². The minimum atomic E-state index is -3.61. The number of anilines is 2. The van der Waals surface area contributed by atoms with Crippen molar-refractivity contribution >= 4 is 53.0 Å². The van der Waals surface area contributed by atoms with Crippen molar-refractivity contribution in [2.45, 2.75) is 33.4 Å². The number of nitrogens with two attached hydrogens (primary N) is 2. The highest BCUT2D eigenvalue weighted by Crippen LogP contribution is 2.43. The van der Waals surface area contributed by atoms with Gasteiger partial charge in [-0.25, -0.2) is 26.3 Å². The number of benzene rings is 2. The Kier molecular flexibility index (Phi) is 7.65. The smallest absolute Gasteiger partial charge is 0.240 e. The van der Waals surface area contributed by atoms with Crippen LogP contribution in [0, 0.1) is 0 Å². The Morgan fingerprint density at radius 2 is 1.11 bits per heavy atom. The number of nitrogens with one attached hydrogen (secondary N) is 2. The molecule has 0 radical (unpaired) electrons. The van der Waals surface area contributed by atoms with Gasteiger partial charge in [-0.3, -0.25) is 0 Å². The van der Waals surface area contributed by atoms with E-state index >= 15 is 0 Å². The van der Waals surface area contributed by atoms with E-state index in [9.17, 15) is 16.8 Å². The molecule has 8 nitrogen and oxygen atoms in total. The van der Waals surface area contributed by atoms with Crippen LogP contribution in [0.5, 0.6) is 0 Å². The molecule has 0 atom stereocenters. The molecule has 0 saturated heterocycles. The predicted octanol–water partition coefficient (Wildman–Crippen LogP) is 2.25. The highest BCUT2D eigenvalue weighted by molar-refractivity contribution is 8.76. The van der Waals surface area contributed by atoms with Crippen molar-refractivity contribution in [2.24, 2.45) is 0 Å². The van der Waals surface area contributed by atoms with E-state index in [0.29, 0.717) is 21.2 Å². The van der Waals surface area contributed by atoms with E-state index < -0.39 is 20.0 Å². The van der Waals surface area contributed by atoms with Gasteiger partial charge in [0.25, 0.3) is 0 Å². The van der Waals surface area contributed by atoms with Gasteiger partial charge < -0.3 is 11.5 Å². The highest BCUT2D eigenvalue weighted by Gasteiger charge is 2.17. The third-order valence-electron chi connectivity index (χ3n) is 3.48. The lowest BCUT2D eigenvalue weighted by molar-refractivity contribution is 0.582. The zero-order valence-corrected chi connectivity index (χ0v) is 18.6. The van der Waals surface area contributed by atoms with Crippen LogP contribution in [0.1, 0.15) is 13.8 Å². The van der Waals surface area contributed by atoms with Crippen LogP contribution >= 0.6 is 21.6 Å². The Balaban J connectivity index is 2.29. The van der Waals surface area contributed by atoms with Crippen molar-refractivity contribution in [1.29, 1.82) is 0 Å². The van der Waals surface area contributed by atoms with Gasteiger partial charge in [0.1, 0.15) is 0 Å². The minimum Gasteiger partial charge on any atom is -0.398 e. The molecule has 0 saturated carbocycles. The molecular weight excluding hydrogens is 440 g/mol. The molecule has 2 aromatic carbocycles. The molecule has 154 valence electrons. The second-order valence-electron chi connectivity index (χ2n) is 5.57. The number of hydrogen-bond acceptors (Lipinski definition) is 8. The second kappa shape index (κ2) is 9.37. The number of rotatable bonds is 9. The molecule has 0 aliphatic rings. The molecule has 0 aliphatic carbocycles. The van der Waals surface area contributed by atoms with Crippen LogP contribution in [0.25, 0.3) is 0 Å². The summed E-state index contributed by atoms with van der Waals surface area (Å²) in [5.74, 6) is 0. The van der Waals surface area contributed by atoms with Crippen LogP contribution in [-0.2, 0) is 20.0 Å². The van der Waals surface area contributed by atoms with E-state index in [-0.39, 0.29) is 22.9 Å². The molecular formula is C16H22N4O4S4. The third kappa shape index (κ3) is 5.55. The Morgan fingerprint density at radius 3 is 1.43 bits per heavy atom. The van der Waals surface area contributed by atoms with Crippen LogP contribution < -0.4 is 20.9 Å². The average molecular weight is 463 g/mol. The van der Waals surface area contributed by atoms with Gasteiger partial charge in [-0.2, -0.15) is 0 Å². The van der Waals surface area contributed by atoms with E-state index in [1.807, 2.05) is 0 Å². The zero-order chi connectivity index (χ0) is 20.9. The van der Waals surface area contributed by atoms with Gasteiger partial charge in [0.2, 0.25) is 20.0 Å². The topological polar surface area (TPSA) is 144 Å². The first-order valence-corrected chi connectivity index (χ1v) is 13.3. The summed E-state index contributed by atoms with van der Waals surface area (Å²) in [5, 5.41) is 0. The number of hydrogen-bond donors (Lipinski definition) is 4. The summed E-state index contributed by atoms with van der Waals surface area (Å²) in [5.41, 5.74) is 12.7. The van der Waals surface area contributed by atoms with Gasteiger partial charge >= 0.3 is 0 Å². The van der Waals surface area contributed by atoms with Crippen molar-refractivity contribution in [3.8, 4) is 0 Å². The monoisotopic (exact) mass is 462 g/mol. The first-order valence-electron chi connectivity index (χ1n) is 8.23. The van der Waals surface area contributed by atoms with Gasteiger partial charge in [0.15, 0.2) is 0 Å². The van der Waals surface area contributed by atoms with Gasteiger partial charge in [-0.15, -0.1) is 0 Å². The maximum Gasteiger partial charge on any atom is 0.240 e. The van der Waals surface area contributed by atoms with Crippen molar-refractivity contribution in [3.05, 3.63) is 36.4 Å². The Labute approximate surface area is 173 Å². The SMILES string of the molecule is CCNS(=O)(=O)c1ccc(N)c(SSc2cc(S(=O)(=O)NCC)ccc2N)c1. The van der Waals surface area contributed by atoms with Gasteiger partial charge in [0.05, 0.1) is 9.79 Å². The molecule has 0 spiro atoms. The van der Waals surface area contributed by atoms with Crippen molar-refractivity contribution < 1.29 is 16.8 Å². The van der Waals surface area contributed by atoms with Gasteiger partial charge in [-0.1, -0.05) is 35.4 Å². The Hall–Kier alpha value is -1.44. The maximum atomic E-state index is 12.2. The standard InChI is InChI=1S/C16H22N4O4S4/c1-3-19-27(21,22)11-5-7-13(17)15(9-11)25-26-16-10-12(6-8-14(16)18)28(23,24)20-4-2/h5-10,19-20H,3-4,17-18H2,1-2H3. The largest absolute Gasteiger partial charge is 0.398 e. The molecule has 0 aromatic heterocycles. The highest BCUT2D eigenvalue weighted by atomic mass is 33.1. The summed E-state index contributed by atoms with van der Waals surface area (Å²) in [6.07, 6.45) is 0. The first-order chi connectivity index (χ1) is 13.1. The first kappa shape index (κ1) is 22.8. The molecule has 2 aromatic rings. The van der Waals surface area contributed by atoms with E-state index in [4.69, 9.17) is 11.5 Å². The zero-order valence-electron chi connectivity index (χ0n) is 15.3. The lowest BCUT2D eigenvalue weighted by atomic mass is 10.3. The minimum absolute atomic E-state index is 0.100. The molecule has 0 fully saturated rings. The molecule has 12 heteroatoms. The summed E-state index contributed by atoms with van der Waals surface area (Å²) in [4.78, 5) is 1.26. The summed E-state index contributed by atoms with van der Waals surface area (Å²) in [6.45, 7) is 3.93. The van der Waals surface area contributed by atoms with E-state index in [0.717, 1.165) is 0 Å². The lowest BCUT2D eigenvalue weighted by Crippen LogP contribution is -2.23. The Morgan fingerprint density at radius 1 is 0.750 bits per heavy atom. The molecule has 0 amide bonds. The fraction of sp³-hybridized carbons (Fsp3) is 0.250. The fourth-order valence-corrected chi connectivity index (χ4v) is 6.69. The molecule has 0 heterocycles. The molecule has 6 N–H and O–H groups in total. The normalized spacial score (nSPS) is 12.2. The van der Waals surface area contributed by atoms with Crippen LogP contribution in [0.3, 0.4) is 0 Å². The summed E-state index contributed by atoms with van der Waals surface area (Å²) in [7, 11) is -4.83. The molecule has 0 unspecified atom stereocenters.